The average molecular weight is 248 g/mol. The molecule has 96 valence electrons. The van der Waals surface area contributed by atoms with Crippen LogP contribution in [0, 0.1) is 0 Å². The molecule has 1 aliphatic rings. The predicted molar refractivity (Wildman–Crippen MR) is 66.8 cm³/mol. The topological polar surface area (TPSA) is 51.9 Å². The molecule has 0 radical (unpaired) electrons. The van der Waals surface area contributed by atoms with Crippen molar-refractivity contribution in [1.82, 2.24) is 14.6 Å². The molecule has 0 spiro atoms. The van der Waals surface area contributed by atoms with Crippen LogP contribution < -0.4 is 4.90 Å². The summed E-state index contributed by atoms with van der Waals surface area (Å²) in [5.41, 5.74) is 0.862. The highest BCUT2D eigenvalue weighted by molar-refractivity contribution is 5.46. The third-order valence-corrected chi connectivity index (χ3v) is 3.06. The number of nitrogens with zero attached hydrogens (tertiary/aromatic N) is 4. The van der Waals surface area contributed by atoms with Crippen molar-refractivity contribution in [3.05, 3.63) is 24.5 Å². The first kappa shape index (κ1) is 11.4. The summed E-state index contributed by atoms with van der Waals surface area (Å²) in [6.07, 6.45) is 3.72. The predicted octanol–water partition coefficient (Wildman–Crippen LogP) is 0.581. The van der Waals surface area contributed by atoms with Gasteiger partial charge in [-0.3, -0.25) is 0 Å². The lowest BCUT2D eigenvalue weighted by Crippen LogP contribution is -2.44. The Morgan fingerprint density at radius 2 is 2.44 bits per heavy atom. The van der Waals surface area contributed by atoms with Crippen LogP contribution in [0.4, 0.5) is 5.82 Å². The zero-order chi connectivity index (χ0) is 12.4. The Bertz CT molecular complexity index is 526. The molecule has 0 unspecified atom stereocenters. The molecular formula is C12H16N4O2. The largest absolute Gasteiger partial charge is 0.382 e. The minimum absolute atomic E-state index is 0.115. The molecule has 0 aromatic carbocycles. The van der Waals surface area contributed by atoms with Crippen molar-refractivity contribution in [3.8, 4) is 0 Å². The Morgan fingerprint density at radius 1 is 1.50 bits per heavy atom. The molecule has 1 fully saturated rings. The zero-order valence-electron chi connectivity index (χ0n) is 10.3. The van der Waals surface area contributed by atoms with Gasteiger partial charge in [0.25, 0.3) is 0 Å². The molecular weight excluding hydrogens is 232 g/mol. The summed E-state index contributed by atoms with van der Waals surface area (Å²) >= 11 is 0. The van der Waals surface area contributed by atoms with E-state index in [-0.39, 0.29) is 6.10 Å². The average Bonchev–Trinajstić information content (AvgIpc) is 2.86. The molecule has 6 heteroatoms. The summed E-state index contributed by atoms with van der Waals surface area (Å²) in [5, 5.41) is 4.54. The molecule has 3 heterocycles. The van der Waals surface area contributed by atoms with Gasteiger partial charge in [-0.2, -0.15) is 0 Å². The van der Waals surface area contributed by atoms with Crippen molar-refractivity contribution >= 4 is 11.5 Å². The van der Waals surface area contributed by atoms with E-state index >= 15 is 0 Å². The van der Waals surface area contributed by atoms with Crippen LogP contribution in [-0.4, -0.2) is 54.1 Å². The van der Waals surface area contributed by atoms with E-state index in [1.807, 2.05) is 18.3 Å². The summed E-state index contributed by atoms with van der Waals surface area (Å²) in [7, 11) is 1.69. The van der Waals surface area contributed by atoms with E-state index in [4.69, 9.17) is 9.47 Å². The normalized spacial score (nSPS) is 20.5. The van der Waals surface area contributed by atoms with Crippen molar-refractivity contribution < 1.29 is 9.47 Å². The van der Waals surface area contributed by atoms with Gasteiger partial charge >= 0.3 is 0 Å². The van der Waals surface area contributed by atoms with E-state index in [2.05, 4.69) is 15.0 Å². The summed E-state index contributed by atoms with van der Waals surface area (Å²) < 4.78 is 12.6. The monoisotopic (exact) mass is 248 g/mol. The number of methoxy groups -OCH3 is 1. The number of imidazole rings is 1. The molecule has 0 bridgehead atoms. The van der Waals surface area contributed by atoms with Gasteiger partial charge < -0.3 is 14.4 Å². The number of fused-ring (bicyclic) bond motifs is 1. The van der Waals surface area contributed by atoms with E-state index in [0.29, 0.717) is 13.2 Å². The van der Waals surface area contributed by atoms with Gasteiger partial charge in [-0.25, -0.2) is 9.50 Å². The molecule has 1 saturated heterocycles. The van der Waals surface area contributed by atoms with Crippen LogP contribution in [0.1, 0.15) is 0 Å². The number of hydrogen-bond acceptors (Lipinski definition) is 5. The van der Waals surface area contributed by atoms with Crippen molar-refractivity contribution in [3.63, 3.8) is 0 Å². The van der Waals surface area contributed by atoms with Crippen LogP contribution in [0.2, 0.25) is 0 Å². The fraction of sp³-hybridized carbons (Fsp3) is 0.500. The Morgan fingerprint density at radius 3 is 3.33 bits per heavy atom. The van der Waals surface area contributed by atoms with Crippen molar-refractivity contribution in [1.29, 1.82) is 0 Å². The molecule has 3 rings (SSSR count). The number of morpholine rings is 1. The highest BCUT2D eigenvalue weighted by Gasteiger charge is 2.21. The standard InChI is InChI=1S/C12H16N4O2/c1-17-9-10-8-15(6-7-18-10)12-3-2-11-13-4-5-16(11)14-12/h2-5,10H,6-9H2,1H3/t10-/m0/s1. The molecule has 0 saturated carbocycles. The second-order valence-corrected chi connectivity index (χ2v) is 4.32. The fourth-order valence-electron chi connectivity index (χ4n) is 2.19. The lowest BCUT2D eigenvalue weighted by molar-refractivity contribution is -0.0102. The number of aromatic nitrogens is 3. The Balaban J connectivity index is 1.80. The van der Waals surface area contributed by atoms with E-state index in [1.165, 1.54) is 0 Å². The van der Waals surface area contributed by atoms with Gasteiger partial charge in [0, 0.05) is 32.6 Å². The third kappa shape index (κ3) is 2.16. The van der Waals surface area contributed by atoms with Gasteiger partial charge in [-0.05, 0) is 12.1 Å². The smallest absolute Gasteiger partial charge is 0.153 e. The van der Waals surface area contributed by atoms with Crippen LogP contribution in [-0.2, 0) is 9.47 Å². The lowest BCUT2D eigenvalue weighted by atomic mass is 10.3. The van der Waals surface area contributed by atoms with Crippen LogP contribution in [0.5, 0.6) is 0 Å². The van der Waals surface area contributed by atoms with Gasteiger partial charge in [0.05, 0.1) is 19.3 Å². The highest BCUT2D eigenvalue weighted by atomic mass is 16.5. The molecule has 2 aromatic heterocycles. The van der Waals surface area contributed by atoms with Crippen molar-refractivity contribution in [2.75, 3.05) is 38.3 Å². The second kappa shape index (κ2) is 4.91. The first-order chi connectivity index (χ1) is 8.86. The Hall–Kier alpha value is -1.66. The molecule has 0 N–H and O–H groups in total. The van der Waals surface area contributed by atoms with Crippen LogP contribution in [0.3, 0.4) is 0 Å². The minimum atomic E-state index is 0.115. The fourth-order valence-corrected chi connectivity index (χ4v) is 2.19. The van der Waals surface area contributed by atoms with Crippen LogP contribution in [0.25, 0.3) is 5.65 Å². The number of ether oxygens (including phenoxy) is 2. The summed E-state index contributed by atoms with van der Waals surface area (Å²) in [5.74, 6) is 0.949. The maximum atomic E-state index is 5.63. The van der Waals surface area contributed by atoms with Crippen LogP contribution in [0.15, 0.2) is 24.5 Å². The van der Waals surface area contributed by atoms with E-state index in [9.17, 15) is 0 Å². The van der Waals surface area contributed by atoms with Crippen molar-refractivity contribution in [2.45, 2.75) is 6.10 Å². The number of hydrogen-bond donors (Lipinski definition) is 0. The maximum absolute atomic E-state index is 5.63. The SMILES string of the molecule is COC[C@@H]1CN(c2ccc3nccn3n2)CCO1. The molecule has 1 atom stereocenters. The van der Waals surface area contributed by atoms with Crippen molar-refractivity contribution in [2.24, 2.45) is 0 Å². The summed E-state index contributed by atoms with van der Waals surface area (Å²) in [6, 6.07) is 3.97. The maximum Gasteiger partial charge on any atom is 0.153 e. The molecule has 0 aliphatic carbocycles. The summed E-state index contributed by atoms with van der Waals surface area (Å²) in [4.78, 5) is 6.40. The molecule has 2 aromatic rings. The number of anilines is 1. The number of rotatable bonds is 3. The molecule has 6 nitrogen and oxygen atoms in total. The Labute approximate surface area is 105 Å². The third-order valence-electron chi connectivity index (χ3n) is 3.06. The zero-order valence-corrected chi connectivity index (χ0v) is 10.3. The lowest BCUT2D eigenvalue weighted by Gasteiger charge is -2.33. The van der Waals surface area contributed by atoms with Gasteiger partial charge in [0.15, 0.2) is 5.65 Å². The van der Waals surface area contributed by atoms with E-state index in [0.717, 1.165) is 24.6 Å². The first-order valence-corrected chi connectivity index (χ1v) is 6.03. The van der Waals surface area contributed by atoms with Gasteiger partial charge in [-0.15, -0.1) is 5.10 Å². The Kier molecular flexibility index (Phi) is 3.12. The first-order valence-electron chi connectivity index (χ1n) is 6.03. The van der Waals surface area contributed by atoms with E-state index < -0.39 is 0 Å². The summed E-state index contributed by atoms with van der Waals surface area (Å²) in [6.45, 7) is 2.98. The minimum Gasteiger partial charge on any atom is -0.382 e. The molecule has 18 heavy (non-hydrogen) atoms. The second-order valence-electron chi connectivity index (χ2n) is 4.32. The van der Waals surface area contributed by atoms with Gasteiger partial charge in [0.2, 0.25) is 0 Å². The van der Waals surface area contributed by atoms with Gasteiger partial charge in [-0.1, -0.05) is 0 Å². The molecule has 1 aliphatic heterocycles. The van der Waals surface area contributed by atoms with E-state index in [1.54, 1.807) is 17.8 Å². The quantitative estimate of drug-likeness (QED) is 0.795. The van der Waals surface area contributed by atoms with Gasteiger partial charge in [0.1, 0.15) is 5.82 Å². The van der Waals surface area contributed by atoms with Crippen LogP contribution >= 0.6 is 0 Å². The molecule has 0 amide bonds. The highest BCUT2D eigenvalue weighted by Crippen LogP contribution is 2.15.